The predicted molar refractivity (Wildman–Crippen MR) is 92.7 cm³/mol. The van der Waals surface area contributed by atoms with Gasteiger partial charge in [-0.3, -0.25) is 4.79 Å². The van der Waals surface area contributed by atoms with E-state index in [1.807, 2.05) is 0 Å². The van der Waals surface area contributed by atoms with Crippen LogP contribution in [-0.2, 0) is 4.79 Å². The maximum atomic E-state index is 13.3. The number of rotatable bonds is 3. The number of carbonyl (C=O) groups is 2. The second-order valence-electron chi connectivity index (χ2n) is 6.27. The zero-order chi connectivity index (χ0) is 21.9. The molecular weight excluding hydrogens is 403 g/mol. The van der Waals surface area contributed by atoms with Gasteiger partial charge in [0.25, 0.3) is 5.91 Å². The van der Waals surface area contributed by atoms with E-state index in [-0.39, 0.29) is 31.0 Å². The number of hydrazine groups is 1. The molecule has 1 aliphatic heterocycles. The van der Waals surface area contributed by atoms with Gasteiger partial charge in [-0.15, -0.1) is 0 Å². The summed E-state index contributed by atoms with van der Waals surface area (Å²) < 4.78 is 64.0. The molecule has 0 unspecified atom stereocenters. The third-order valence-corrected chi connectivity index (χ3v) is 4.15. The van der Waals surface area contributed by atoms with Gasteiger partial charge in [0, 0.05) is 18.3 Å². The summed E-state index contributed by atoms with van der Waals surface area (Å²) in [5.74, 6) is 2.29. The minimum Gasteiger partial charge on any atom is -0.393 e. The largest absolute Gasteiger partial charge is 0.408 e. The summed E-state index contributed by atoms with van der Waals surface area (Å²) in [5, 5.41) is 5.10. The summed E-state index contributed by atoms with van der Waals surface area (Å²) in [6, 6.07) is -0.107. The molecule has 6 N–H and O–H groups in total. The lowest BCUT2D eigenvalue weighted by atomic mass is 10.2. The average molecular weight is 422 g/mol. The van der Waals surface area contributed by atoms with Gasteiger partial charge in [-0.25, -0.2) is 19.4 Å². The Hall–Kier alpha value is -3.09. The highest BCUT2D eigenvalue weighted by Crippen LogP contribution is 2.20. The zero-order valence-corrected chi connectivity index (χ0v) is 15.2. The lowest BCUT2D eigenvalue weighted by Gasteiger charge is -2.36. The molecule has 13 heteroatoms. The third kappa shape index (κ3) is 5.47. The van der Waals surface area contributed by atoms with Gasteiger partial charge in [0.05, 0.1) is 18.8 Å². The first-order chi connectivity index (χ1) is 13.4. The van der Waals surface area contributed by atoms with Gasteiger partial charge in [-0.1, -0.05) is 0 Å². The Labute approximate surface area is 162 Å². The normalized spacial score (nSPS) is 17.6. The number of nitrogens with one attached hydrogen (secondary N) is 2. The molecule has 0 bridgehead atoms. The molecule has 2 rings (SSSR count). The van der Waals surface area contributed by atoms with Crippen molar-refractivity contribution in [1.82, 2.24) is 15.2 Å². The minimum atomic E-state index is -4.66. The van der Waals surface area contributed by atoms with Crippen molar-refractivity contribution in [2.75, 3.05) is 25.0 Å². The molecule has 1 saturated heterocycles. The van der Waals surface area contributed by atoms with E-state index >= 15 is 0 Å². The van der Waals surface area contributed by atoms with Gasteiger partial charge in [0.15, 0.2) is 11.6 Å². The number of benzene rings is 1. The number of halogens is 5. The summed E-state index contributed by atoms with van der Waals surface area (Å²) in [7, 11) is 0. The number of nitrogens with zero attached hydrogens (tertiary/aromatic N) is 2. The van der Waals surface area contributed by atoms with Crippen LogP contribution < -0.4 is 22.2 Å². The first-order valence-corrected chi connectivity index (χ1v) is 8.29. The Balaban J connectivity index is 2.12. The number of carbonyl (C=O) groups excluding carboxylic acids is 2. The lowest BCUT2D eigenvalue weighted by Crippen LogP contribution is -2.53. The molecule has 0 radical (unpaired) electrons. The molecule has 0 saturated carbocycles. The predicted octanol–water partition coefficient (Wildman–Crippen LogP) is 1.23. The van der Waals surface area contributed by atoms with Crippen molar-refractivity contribution >= 4 is 17.6 Å². The Morgan fingerprint density at radius 1 is 1.17 bits per heavy atom. The van der Waals surface area contributed by atoms with Crippen molar-refractivity contribution in [2.45, 2.75) is 19.1 Å². The van der Waals surface area contributed by atoms with E-state index in [2.05, 4.69) is 5.32 Å². The van der Waals surface area contributed by atoms with Gasteiger partial charge in [0.2, 0.25) is 0 Å². The fourth-order valence-corrected chi connectivity index (χ4v) is 2.39. The fraction of sp³-hybridized carbons (Fsp3) is 0.375. The molecule has 1 atom stereocenters. The Bertz CT molecular complexity index is 829. The van der Waals surface area contributed by atoms with Crippen molar-refractivity contribution in [1.29, 1.82) is 0 Å². The van der Waals surface area contributed by atoms with Crippen molar-refractivity contribution in [3.63, 3.8) is 0 Å². The first kappa shape index (κ1) is 22.2. The topological polar surface area (TPSA) is 117 Å². The number of anilines is 1. The van der Waals surface area contributed by atoms with E-state index in [1.54, 1.807) is 5.32 Å². The van der Waals surface area contributed by atoms with Crippen LogP contribution in [0.25, 0.3) is 0 Å². The minimum absolute atomic E-state index is 0.0145. The lowest BCUT2D eigenvalue weighted by molar-refractivity contribution is -0.156. The van der Waals surface area contributed by atoms with Gasteiger partial charge < -0.3 is 26.3 Å². The molecular formula is C16H19F5N6O2. The number of piperazine rings is 1. The van der Waals surface area contributed by atoms with Crippen LogP contribution in [0.5, 0.6) is 0 Å². The Morgan fingerprint density at radius 2 is 1.83 bits per heavy atom. The number of hydrogen-bond donors (Lipinski definition) is 4. The molecule has 1 aliphatic rings. The molecule has 1 heterocycles. The van der Waals surface area contributed by atoms with Gasteiger partial charge in [0.1, 0.15) is 11.7 Å². The second-order valence-corrected chi connectivity index (χ2v) is 6.27. The molecule has 1 aromatic carbocycles. The van der Waals surface area contributed by atoms with Crippen LogP contribution in [0.1, 0.15) is 6.92 Å². The molecule has 1 fully saturated rings. The third-order valence-electron chi connectivity index (χ3n) is 4.15. The number of urea groups is 1. The maximum absolute atomic E-state index is 13.3. The molecule has 29 heavy (non-hydrogen) atoms. The monoisotopic (exact) mass is 422 g/mol. The van der Waals surface area contributed by atoms with E-state index in [0.29, 0.717) is 0 Å². The van der Waals surface area contributed by atoms with Crippen molar-refractivity contribution < 1.29 is 31.5 Å². The number of amides is 3. The highest BCUT2D eigenvalue weighted by molar-refractivity contribution is 5.94. The SMILES string of the molecule is C[C@H](NC(=O)/C(N)=C1\CN(C(=O)Nc2ccc(F)c(F)c2)CCN1N)C(F)(F)F. The quantitative estimate of drug-likeness (QED) is 0.332. The van der Waals surface area contributed by atoms with Gasteiger partial charge >= 0.3 is 12.2 Å². The number of hydrogen-bond acceptors (Lipinski definition) is 5. The molecule has 160 valence electrons. The molecule has 8 nitrogen and oxygen atoms in total. The van der Waals surface area contributed by atoms with Crippen molar-refractivity contribution in [2.24, 2.45) is 11.6 Å². The van der Waals surface area contributed by atoms with E-state index in [1.165, 1.54) is 0 Å². The van der Waals surface area contributed by atoms with E-state index < -0.39 is 41.5 Å². The van der Waals surface area contributed by atoms with Crippen LogP contribution in [0.4, 0.5) is 32.4 Å². The summed E-state index contributed by atoms with van der Waals surface area (Å²) in [5.41, 5.74) is 5.00. The standard InChI is InChI=1S/C16H19F5N6O2/c1-8(16(19,20)21)24-14(28)13(22)12-7-26(4-5-27(12)23)15(29)25-9-2-3-10(17)11(18)6-9/h2-3,6,8H,4-5,7,22-23H2,1H3,(H,24,28)(H,25,29)/b13-12-/t8-/m0/s1. The molecule has 3 amide bonds. The van der Waals surface area contributed by atoms with Gasteiger partial charge in [-0.2, -0.15) is 13.2 Å². The molecule has 0 aromatic heterocycles. The molecule has 0 aliphatic carbocycles. The van der Waals surface area contributed by atoms with Crippen LogP contribution in [0, 0.1) is 11.6 Å². The summed E-state index contributed by atoms with van der Waals surface area (Å²) in [6.45, 7) is 0.580. The zero-order valence-electron chi connectivity index (χ0n) is 15.2. The molecule has 1 aromatic rings. The van der Waals surface area contributed by atoms with Gasteiger partial charge in [-0.05, 0) is 19.1 Å². The Kier molecular flexibility index (Phi) is 6.51. The van der Waals surface area contributed by atoms with Crippen LogP contribution in [0.15, 0.2) is 29.6 Å². The van der Waals surface area contributed by atoms with E-state index in [0.717, 1.165) is 35.0 Å². The summed E-state index contributed by atoms with van der Waals surface area (Å²) in [4.78, 5) is 25.5. The van der Waals surface area contributed by atoms with Crippen LogP contribution in [0.3, 0.4) is 0 Å². The Morgan fingerprint density at radius 3 is 2.41 bits per heavy atom. The molecule has 0 spiro atoms. The van der Waals surface area contributed by atoms with Crippen LogP contribution in [-0.4, -0.2) is 53.7 Å². The fourth-order valence-electron chi connectivity index (χ4n) is 2.39. The second kappa shape index (κ2) is 8.51. The van der Waals surface area contributed by atoms with Crippen LogP contribution >= 0.6 is 0 Å². The summed E-state index contributed by atoms with van der Waals surface area (Å²) >= 11 is 0. The number of nitrogens with two attached hydrogens (primary N) is 2. The highest BCUT2D eigenvalue weighted by Gasteiger charge is 2.38. The average Bonchev–Trinajstić information content (AvgIpc) is 2.63. The maximum Gasteiger partial charge on any atom is 0.408 e. The van der Waals surface area contributed by atoms with E-state index in [4.69, 9.17) is 11.6 Å². The number of alkyl halides is 3. The van der Waals surface area contributed by atoms with Crippen molar-refractivity contribution in [3.05, 3.63) is 41.2 Å². The van der Waals surface area contributed by atoms with E-state index in [9.17, 15) is 31.5 Å². The van der Waals surface area contributed by atoms with Crippen molar-refractivity contribution in [3.8, 4) is 0 Å². The van der Waals surface area contributed by atoms with Crippen LogP contribution in [0.2, 0.25) is 0 Å². The smallest absolute Gasteiger partial charge is 0.393 e. The first-order valence-electron chi connectivity index (χ1n) is 8.29. The highest BCUT2D eigenvalue weighted by atomic mass is 19.4. The summed E-state index contributed by atoms with van der Waals surface area (Å²) in [6.07, 6.45) is -4.66.